The molecule has 0 N–H and O–H groups in total. The molecule has 2 fully saturated rings. The quantitative estimate of drug-likeness (QED) is 0.831. The maximum absolute atomic E-state index is 12.6. The molecule has 0 bridgehead atoms. The smallest absolute Gasteiger partial charge is 0.245 e. The van der Waals surface area contributed by atoms with E-state index < -0.39 is 0 Å². The third kappa shape index (κ3) is 2.95. The Kier molecular flexibility index (Phi) is 3.96. The van der Waals surface area contributed by atoms with E-state index >= 15 is 0 Å². The largest absolute Gasteiger partial charge is 0.464 e. The van der Waals surface area contributed by atoms with Gasteiger partial charge in [-0.1, -0.05) is 0 Å². The summed E-state index contributed by atoms with van der Waals surface area (Å²) in [5, 5.41) is 0. The summed E-state index contributed by atoms with van der Waals surface area (Å²) < 4.78 is 10.8. The lowest BCUT2D eigenvalue weighted by Crippen LogP contribution is -2.50. The average molecular weight is 292 g/mol. The molecular formula is C15H20N2O4. The number of carbonyl (C=O) groups excluding carboxylic acids is 2. The van der Waals surface area contributed by atoms with Gasteiger partial charge in [-0.2, -0.15) is 0 Å². The number of hydrogen-bond donors (Lipinski definition) is 0. The second kappa shape index (κ2) is 5.89. The van der Waals surface area contributed by atoms with Gasteiger partial charge in [-0.25, -0.2) is 0 Å². The summed E-state index contributed by atoms with van der Waals surface area (Å²) in [6.45, 7) is 4.60. The summed E-state index contributed by atoms with van der Waals surface area (Å²) >= 11 is 0. The molecule has 3 rings (SSSR count). The molecule has 2 saturated heterocycles. The van der Waals surface area contributed by atoms with Crippen LogP contribution in [0.2, 0.25) is 0 Å². The van der Waals surface area contributed by atoms with E-state index in [9.17, 15) is 9.59 Å². The number of morpholine rings is 1. The summed E-state index contributed by atoms with van der Waals surface area (Å²) in [7, 11) is 0. The molecule has 2 aliphatic heterocycles. The van der Waals surface area contributed by atoms with E-state index in [-0.39, 0.29) is 17.9 Å². The summed E-state index contributed by atoms with van der Waals surface area (Å²) in [6, 6.07) is 3.37. The van der Waals surface area contributed by atoms with Crippen molar-refractivity contribution in [2.24, 2.45) is 0 Å². The maximum Gasteiger partial charge on any atom is 0.245 e. The number of carbonyl (C=O) groups is 2. The van der Waals surface area contributed by atoms with Crippen LogP contribution in [-0.2, 0) is 20.9 Å². The molecule has 1 aromatic rings. The molecule has 0 aromatic carbocycles. The van der Waals surface area contributed by atoms with Crippen molar-refractivity contribution in [3.63, 3.8) is 0 Å². The van der Waals surface area contributed by atoms with Crippen molar-refractivity contribution in [1.29, 1.82) is 0 Å². The molecular weight excluding hydrogens is 272 g/mol. The first kappa shape index (κ1) is 14.1. The number of aryl methyl sites for hydroxylation is 1. The van der Waals surface area contributed by atoms with Gasteiger partial charge in [0, 0.05) is 19.5 Å². The third-order valence-corrected chi connectivity index (χ3v) is 4.06. The molecule has 2 amide bonds. The highest BCUT2D eigenvalue weighted by Crippen LogP contribution is 2.24. The highest BCUT2D eigenvalue weighted by Gasteiger charge is 2.38. The number of amides is 2. The van der Waals surface area contributed by atoms with Crippen LogP contribution >= 0.6 is 0 Å². The van der Waals surface area contributed by atoms with Gasteiger partial charge in [0.15, 0.2) is 0 Å². The second-order valence-electron chi connectivity index (χ2n) is 5.53. The number of furan rings is 1. The van der Waals surface area contributed by atoms with Crippen molar-refractivity contribution in [1.82, 2.24) is 9.80 Å². The first-order chi connectivity index (χ1) is 10.1. The molecule has 0 unspecified atom stereocenters. The van der Waals surface area contributed by atoms with Crippen molar-refractivity contribution < 1.29 is 18.7 Å². The van der Waals surface area contributed by atoms with Crippen LogP contribution in [0.5, 0.6) is 0 Å². The lowest BCUT2D eigenvalue weighted by molar-refractivity contribution is -0.144. The fourth-order valence-electron chi connectivity index (χ4n) is 2.92. The zero-order valence-corrected chi connectivity index (χ0v) is 12.2. The minimum Gasteiger partial charge on any atom is -0.464 e. The van der Waals surface area contributed by atoms with Crippen molar-refractivity contribution >= 4 is 11.8 Å². The van der Waals surface area contributed by atoms with E-state index in [1.807, 2.05) is 19.1 Å². The van der Waals surface area contributed by atoms with Crippen LogP contribution in [0.4, 0.5) is 0 Å². The molecule has 0 saturated carbocycles. The summed E-state index contributed by atoms with van der Waals surface area (Å²) in [5.41, 5.74) is 0. The predicted octanol–water partition coefficient (Wildman–Crippen LogP) is 0.938. The van der Waals surface area contributed by atoms with E-state index in [2.05, 4.69) is 0 Å². The zero-order chi connectivity index (χ0) is 14.8. The van der Waals surface area contributed by atoms with Gasteiger partial charge in [0.2, 0.25) is 11.8 Å². The number of rotatable bonds is 3. The van der Waals surface area contributed by atoms with Crippen LogP contribution in [0, 0.1) is 6.92 Å². The molecule has 1 aromatic heterocycles. The number of ether oxygens (including phenoxy) is 1. The lowest BCUT2D eigenvalue weighted by atomic mass is 10.2. The van der Waals surface area contributed by atoms with Crippen LogP contribution in [0.15, 0.2) is 16.5 Å². The molecule has 114 valence electrons. The lowest BCUT2D eigenvalue weighted by Gasteiger charge is -2.32. The molecule has 6 heteroatoms. The highest BCUT2D eigenvalue weighted by atomic mass is 16.5. The van der Waals surface area contributed by atoms with Gasteiger partial charge in [0.25, 0.3) is 0 Å². The minimum atomic E-state index is -0.360. The monoisotopic (exact) mass is 292 g/mol. The van der Waals surface area contributed by atoms with Gasteiger partial charge in [-0.15, -0.1) is 0 Å². The average Bonchev–Trinajstić information content (AvgIpc) is 3.07. The minimum absolute atomic E-state index is 0.0238. The van der Waals surface area contributed by atoms with Crippen molar-refractivity contribution in [3.05, 3.63) is 23.7 Å². The second-order valence-corrected chi connectivity index (χ2v) is 5.53. The Hall–Kier alpha value is -1.82. The SMILES string of the molecule is Cc1ccc(CN2C(=O)CC[C@H]2C(=O)N2CCOCC2)o1. The summed E-state index contributed by atoms with van der Waals surface area (Å²) in [4.78, 5) is 28.1. The van der Waals surface area contributed by atoms with Gasteiger partial charge in [-0.3, -0.25) is 9.59 Å². The van der Waals surface area contributed by atoms with Gasteiger partial charge in [0.05, 0.1) is 19.8 Å². The van der Waals surface area contributed by atoms with Crippen LogP contribution in [0.3, 0.4) is 0 Å². The number of nitrogens with zero attached hydrogens (tertiary/aromatic N) is 2. The molecule has 0 aliphatic carbocycles. The standard InChI is InChI=1S/C15H20N2O4/c1-11-2-3-12(21-11)10-17-13(4-5-14(17)18)15(19)16-6-8-20-9-7-16/h2-3,13H,4-10H2,1H3/t13-/m0/s1. The third-order valence-electron chi connectivity index (χ3n) is 4.06. The fraction of sp³-hybridized carbons (Fsp3) is 0.600. The Morgan fingerprint density at radius 2 is 2.10 bits per heavy atom. The Morgan fingerprint density at radius 3 is 2.76 bits per heavy atom. The van der Waals surface area contributed by atoms with Gasteiger partial charge >= 0.3 is 0 Å². The molecule has 21 heavy (non-hydrogen) atoms. The number of likely N-dealkylation sites (tertiary alicyclic amines) is 1. The molecule has 1 atom stereocenters. The molecule has 0 spiro atoms. The Bertz CT molecular complexity index is 534. The molecule has 2 aliphatic rings. The van der Waals surface area contributed by atoms with E-state index in [4.69, 9.17) is 9.15 Å². The first-order valence-electron chi connectivity index (χ1n) is 7.36. The van der Waals surface area contributed by atoms with Gasteiger partial charge in [-0.05, 0) is 25.5 Å². The topological polar surface area (TPSA) is 63.0 Å². The van der Waals surface area contributed by atoms with Crippen LogP contribution in [0.25, 0.3) is 0 Å². The van der Waals surface area contributed by atoms with E-state index in [0.29, 0.717) is 45.7 Å². The Labute approximate surface area is 123 Å². The summed E-state index contributed by atoms with van der Waals surface area (Å²) in [5.74, 6) is 1.60. The number of hydrogen-bond acceptors (Lipinski definition) is 4. The fourth-order valence-corrected chi connectivity index (χ4v) is 2.92. The normalized spacial score (nSPS) is 22.9. The molecule has 6 nitrogen and oxygen atoms in total. The molecule has 0 radical (unpaired) electrons. The van der Waals surface area contributed by atoms with Crippen molar-refractivity contribution in [2.75, 3.05) is 26.3 Å². The van der Waals surface area contributed by atoms with Crippen molar-refractivity contribution in [3.8, 4) is 0 Å². The van der Waals surface area contributed by atoms with E-state index in [0.717, 1.165) is 11.5 Å². The maximum atomic E-state index is 12.6. The van der Waals surface area contributed by atoms with Crippen LogP contribution in [0.1, 0.15) is 24.4 Å². The van der Waals surface area contributed by atoms with Gasteiger partial charge in [0.1, 0.15) is 17.6 Å². The molecule has 3 heterocycles. The predicted molar refractivity (Wildman–Crippen MR) is 74.4 cm³/mol. The Balaban J connectivity index is 1.70. The summed E-state index contributed by atoms with van der Waals surface area (Å²) in [6.07, 6.45) is 1.02. The Morgan fingerprint density at radius 1 is 1.33 bits per heavy atom. The first-order valence-corrected chi connectivity index (χ1v) is 7.36. The zero-order valence-electron chi connectivity index (χ0n) is 12.2. The van der Waals surface area contributed by atoms with Crippen LogP contribution < -0.4 is 0 Å². The van der Waals surface area contributed by atoms with Gasteiger partial charge < -0.3 is 19.0 Å². The van der Waals surface area contributed by atoms with Crippen LogP contribution in [-0.4, -0.2) is 54.0 Å². The van der Waals surface area contributed by atoms with Crippen molar-refractivity contribution in [2.45, 2.75) is 32.4 Å². The highest BCUT2D eigenvalue weighted by molar-refractivity contribution is 5.90. The van der Waals surface area contributed by atoms with E-state index in [1.54, 1.807) is 9.80 Å². The van der Waals surface area contributed by atoms with E-state index in [1.165, 1.54) is 0 Å².